The molecule has 2 saturated carbocycles. The molecule has 0 heterocycles. The van der Waals surface area contributed by atoms with Gasteiger partial charge < -0.3 is 10.8 Å². The van der Waals surface area contributed by atoms with Gasteiger partial charge in [-0.3, -0.25) is 4.79 Å². The largest absolute Gasteiger partial charge is 0.480 e. The molecule has 0 aliphatic heterocycles. The molecule has 2 aliphatic rings. The number of hydrogen-bond acceptors (Lipinski definition) is 2. The van der Waals surface area contributed by atoms with E-state index in [1.165, 1.54) is 6.42 Å². The van der Waals surface area contributed by atoms with Crippen molar-refractivity contribution in [3.63, 3.8) is 0 Å². The average Bonchev–Trinajstić information content (AvgIpc) is 2.67. The summed E-state index contributed by atoms with van der Waals surface area (Å²) in [5.41, 5.74) is 4.92. The van der Waals surface area contributed by atoms with Gasteiger partial charge in [0.15, 0.2) is 0 Å². The van der Waals surface area contributed by atoms with Crippen molar-refractivity contribution < 1.29 is 9.90 Å². The number of carboxylic acids is 1. The van der Waals surface area contributed by atoms with Crippen molar-refractivity contribution in [2.24, 2.45) is 17.6 Å². The number of carbonyl (C=O) groups is 1. The summed E-state index contributed by atoms with van der Waals surface area (Å²) >= 11 is 0. The quantitative estimate of drug-likeness (QED) is 0.582. The maximum atomic E-state index is 10.8. The second-order valence-electron chi connectivity index (χ2n) is 3.84. The first-order chi connectivity index (χ1) is 5.14. The Bertz CT molecular complexity index is 204. The SMILES string of the molecule is N[C@@]1(C(=O)O)CCC[C@H]2C[C@H]21. The molecule has 0 spiro atoms. The van der Waals surface area contributed by atoms with Crippen LogP contribution in [0.2, 0.25) is 0 Å². The third-order valence-corrected chi connectivity index (χ3v) is 3.15. The number of nitrogens with two attached hydrogens (primary N) is 1. The van der Waals surface area contributed by atoms with E-state index in [0.717, 1.165) is 12.8 Å². The topological polar surface area (TPSA) is 63.3 Å². The van der Waals surface area contributed by atoms with Crippen molar-refractivity contribution in [3.05, 3.63) is 0 Å². The molecule has 0 aromatic heterocycles. The van der Waals surface area contributed by atoms with Gasteiger partial charge in [-0.25, -0.2) is 0 Å². The minimum Gasteiger partial charge on any atom is -0.480 e. The van der Waals surface area contributed by atoms with Gasteiger partial charge in [-0.15, -0.1) is 0 Å². The van der Waals surface area contributed by atoms with Gasteiger partial charge in [0.2, 0.25) is 0 Å². The zero-order chi connectivity index (χ0) is 8.06. The lowest BCUT2D eigenvalue weighted by atomic mass is 9.82. The van der Waals surface area contributed by atoms with Crippen LogP contribution >= 0.6 is 0 Å². The summed E-state index contributed by atoms with van der Waals surface area (Å²) in [4.78, 5) is 10.8. The molecule has 3 atom stereocenters. The molecule has 0 aromatic rings. The first-order valence-corrected chi connectivity index (χ1v) is 4.17. The Labute approximate surface area is 65.6 Å². The van der Waals surface area contributed by atoms with Crippen LogP contribution in [0.25, 0.3) is 0 Å². The molecule has 0 aromatic carbocycles. The van der Waals surface area contributed by atoms with E-state index in [0.29, 0.717) is 12.3 Å². The monoisotopic (exact) mass is 155 g/mol. The summed E-state index contributed by atoms with van der Waals surface area (Å²) in [6.45, 7) is 0. The highest BCUT2D eigenvalue weighted by atomic mass is 16.4. The Hall–Kier alpha value is -0.570. The summed E-state index contributed by atoms with van der Waals surface area (Å²) in [7, 11) is 0. The molecule has 3 N–H and O–H groups in total. The van der Waals surface area contributed by atoms with Gasteiger partial charge in [0.05, 0.1) is 0 Å². The van der Waals surface area contributed by atoms with Gasteiger partial charge >= 0.3 is 5.97 Å². The van der Waals surface area contributed by atoms with E-state index in [2.05, 4.69) is 0 Å². The molecule has 2 fully saturated rings. The standard InChI is InChI=1S/C8H13NO2/c9-8(7(10)11)3-1-2-5-4-6(5)8/h5-6H,1-4,9H2,(H,10,11)/t5-,6+,8-/m0/s1. The smallest absolute Gasteiger partial charge is 0.323 e. The van der Waals surface area contributed by atoms with E-state index in [-0.39, 0.29) is 5.92 Å². The van der Waals surface area contributed by atoms with Crippen LogP contribution in [-0.2, 0) is 4.79 Å². The minimum absolute atomic E-state index is 0.286. The maximum absolute atomic E-state index is 10.8. The first kappa shape index (κ1) is 7.10. The molecule has 2 rings (SSSR count). The van der Waals surface area contributed by atoms with E-state index < -0.39 is 11.5 Å². The van der Waals surface area contributed by atoms with Crippen LogP contribution in [0, 0.1) is 11.8 Å². The Morgan fingerprint density at radius 2 is 2.36 bits per heavy atom. The summed E-state index contributed by atoms with van der Waals surface area (Å²) in [6, 6.07) is 0. The predicted molar refractivity (Wildman–Crippen MR) is 40.0 cm³/mol. The Kier molecular flexibility index (Phi) is 1.27. The fourth-order valence-electron chi connectivity index (χ4n) is 2.31. The van der Waals surface area contributed by atoms with E-state index >= 15 is 0 Å². The fraction of sp³-hybridized carbons (Fsp3) is 0.875. The van der Waals surface area contributed by atoms with Gasteiger partial charge in [-0.05, 0) is 24.7 Å². The normalized spacial score (nSPS) is 48.1. The van der Waals surface area contributed by atoms with E-state index in [1.54, 1.807) is 0 Å². The van der Waals surface area contributed by atoms with Crippen LogP contribution in [0.1, 0.15) is 25.7 Å². The maximum Gasteiger partial charge on any atom is 0.323 e. The zero-order valence-electron chi connectivity index (χ0n) is 6.42. The molecule has 0 amide bonds. The van der Waals surface area contributed by atoms with Crippen molar-refractivity contribution in [2.75, 3.05) is 0 Å². The van der Waals surface area contributed by atoms with Crippen LogP contribution in [-0.4, -0.2) is 16.6 Å². The number of carboxylic acid groups (broad SMARTS) is 1. The molecular formula is C8H13NO2. The van der Waals surface area contributed by atoms with Crippen molar-refractivity contribution in [3.8, 4) is 0 Å². The predicted octanol–water partition coefficient (Wildman–Crippen LogP) is 0.588. The van der Waals surface area contributed by atoms with E-state index in [1.807, 2.05) is 0 Å². The lowest BCUT2D eigenvalue weighted by molar-refractivity contribution is -0.145. The Morgan fingerprint density at radius 1 is 1.64 bits per heavy atom. The van der Waals surface area contributed by atoms with Gasteiger partial charge in [-0.1, -0.05) is 12.8 Å². The zero-order valence-corrected chi connectivity index (χ0v) is 6.42. The summed E-state index contributed by atoms with van der Waals surface area (Å²) in [5, 5.41) is 8.87. The molecule has 0 radical (unpaired) electrons. The molecule has 62 valence electrons. The molecule has 3 nitrogen and oxygen atoms in total. The van der Waals surface area contributed by atoms with Crippen LogP contribution < -0.4 is 5.73 Å². The first-order valence-electron chi connectivity index (χ1n) is 4.17. The van der Waals surface area contributed by atoms with Crippen LogP contribution in [0.15, 0.2) is 0 Å². The summed E-state index contributed by atoms with van der Waals surface area (Å²) in [5.74, 6) is 0.114. The summed E-state index contributed by atoms with van der Waals surface area (Å²) in [6.07, 6.45) is 3.90. The average molecular weight is 155 g/mol. The molecule has 0 saturated heterocycles. The van der Waals surface area contributed by atoms with Gasteiger partial charge in [0.1, 0.15) is 5.54 Å². The van der Waals surface area contributed by atoms with Crippen molar-refractivity contribution in [1.29, 1.82) is 0 Å². The fourth-order valence-corrected chi connectivity index (χ4v) is 2.31. The van der Waals surface area contributed by atoms with Crippen LogP contribution in [0.3, 0.4) is 0 Å². The second-order valence-corrected chi connectivity index (χ2v) is 3.84. The van der Waals surface area contributed by atoms with Crippen molar-refractivity contribution >= 4 is 5.97 Å². The number of aliphatic carboxylic acids is 1. The van der Waals surface area contributed by atoms with Crippen molar-refractivity contribution in [2.45, 2.75) is 31.2 Å². The van der Waals surface area contributed by atoms with Gasteiger partial charge in [0, 0.05) is 0 Å². The van der Waals surface area contributed by atoms with E-state index in [4.69, 9.17) is 10.8 Å². The second kappa shape index (κ2) is 1.97. The minimum atomic E-state index is -0.872. The van der Waals surface area contributed by atoms with Crippen LogP contribution in [0.5, 0.6) is 0 Å². The van der Waals surface area contributed by atoms with E-state index in [9.17, 15) is 4.79 Å². The molecule has 0 unspecified atom stereocenters. The summed E-state index contributed by atoms with van der Waals surface area (Å²) < 4.78 is 0. The number of hydrogen-bond donors (Lipinski definition) is 2. The number of rotatable bonds is 1. The number of fused-ring (bicyclic) bond motifs is 1. The Balaban J connectivity index is 2.17. The lowest BCUT2D eigenvalue weighted by Crippen LogP contribution is -2.51. The molecule has 11 heavy (non-hydrogen) atoms. The van der Waals surface area contributed by atoms with Gasteiger partial charge in [-0.2, -0.15) is 0 Å². The molecular weight excluding hydrogens is 142 g/mol. The van der Waals surface area contributed by atoms with Gasteiger partial charge in [0.25, 0.3) is 0 Å². The third kappa shape index (κ3) is 0.872. The highest BCUT2D eigenvalue weighted by Gasteiger charge is 2.56. The Morgan fingerprint density at radius 3 is 2.91 bits per heavy atom. The highest BCUT2D eigenvalue weighted by molar-refractivity contribution is 5.79. The third-order valence-electron chi connectivity index (χ3n) is 3.15. The molecule has 3 heteroatoms. The lowest BCUT2D eigenvalue weighted by Gasteiger charge is -2.28. The molecule has 0 bridgehead atoms. The van der Waals surface area contributed by atoms with Crippen LogP contribution in [0.4, 0.5) is 0 Å². The highest BCUT2D eigenvalue weighted by Crippen LogP contribution is 2.53. The van der Waals surface area contributed by atoms with Crippen molar-refractivity contribution in [1.82, 2.24) is 0 Å². The molecule has 2 aliphatic carbocycles.